The van der Waals surface area contributed by atoms with Crippen molar-refractivity contribution in [3.63, 3.8) is 0 Å². The lowest BCUT2D eigenvalue weighted by Gasteiger charge is -2.19. The molecule has 1 atom stereocenters. The predicted molar refractivity (Wildman–Crippen MR) is 60.6 cm³/mol. The summed E-state index contributed by atoms with van der Waals surface area (Å²) in [5, 5.41) is 0. The minimum absolute atomic E-state index is 0.278. The number of nitrogens with two attached hydrogens (primary N) is 1. The molecule has 0 heterocycles. The molecule has 0 saturated heterocycles. The third kappa shape index (κ3) is 3.00. The Bertz CT molecular complexity index is 364. The van der Waals surface area contributed by atoms with Gasteiger partial charge in [-0.1, -0.05) is 13.8 Å². The molecule has 90 valence electrons. The van der Waals surface area contributed by atoms with Gasteiger partial charge in [-0.2, -0.15) is 0 Å². The SMILES string of the molecule is Cc1cc(C(CC(C)C)NN)c(F)cc1F. The van der Waals surface area contributed by atoms with Gasteiger partial charge < -0.3 is 0 Å². The first-order valence-electron chi connectivity index (χ1n) is 5.37. The van der Waals surface area contributed by atoms with Crippen LogP contribution in [0.3, 0.4) is 0 Å². The highest BCUT2D eigenvalue weighted by Crippen LogP contribution is 2.25. The summed E-state index contributed by atoms with van der Waals surface area (Å²) in [7, 11) is 0. The third-order valence-electron chi connectivity index (χ3n) is 2.56. The standard InChI is InChI=1S/C12H18F2N2/c1-7(2)4-12(16-15)9-5-8(3)10(13)6-11(9)14/h5-7,12,16H,4,15H2,1-3H3. The number of halogens is 2. The first-order valence-corrected chi connectivity index (χ1v) is 5.37. The summed E-state index contributed by atoms with van der Waals surface area (Å²) in [6.45, 7) is 5.67. The fourth-order valence-electron chi connectivity index (χ4n) is 1.70. The molecule has 0 spiro atoms. The van der Waals surface area contributed by atoms with Crippen LogP contribution in [-0.2, 0) is 0 Å². The van der Waals surface area contributed by atoms with Crippen molar-refractivity contribution in [2.45, 2.75) is 33.2 Å². The van der Waals surface area contributed by atoms with Crippen LogP contribution in [0.2, 0.25) is 0 Å². The van der Waals surface area contributed by atoms with Crippen molar-refractivity contribution in [2.75, 3.05) is 0 Å². The largest absolute Gasteiger partial charge is 0.271 e. The second-order valence-corrected chi connectivity index (χ2v) is 4.47. The number of rotatable bonds is 4. The lowest BCUT2D eigenvalue weighted by molar-refractivity contribution is 0.421. The van der Waals surface area contributed by atoms with Gasteiger partial charge in [0.25, 0.3) is 0 Å². The predicted octanol–water partition coefficient (Wildman–Crippen LogP) is 2.82. The highest BCUT2D eigenvalue weighted by Gasteiger charge is 2.17. The number of aryl methyl sites for hydroxylation is 1. The highest BCUT2D eigenvalue weighted by molar-refractivity contribution is 5.28. The van der Waals surface area contributed by atoms with Crippen molar-refractivity contribution in [3.05, 3.63) is 34.9 Å². The van der Waals surface area contributed by atoms with Crippen LogP contribution in [0.5, 0.6) is 0 Å². The quantitative estimate of drug-likeness (QED) is 0.614. The van der Waals surface area contributed by atoms with E-state index in [1.54, 1.807) is 6.92 Å². The molecular weight excluding hydrogens is 210 g/mol. The molecule has 1 unspecified atom stereocenters. The number of nitrogens with one attached hydrogen (secondary N) is 1. The van der Waals surface area contributed by atoms with Gasteiger partial charge in [0.05, 0.1) is 0 Å². The monoisotopic (exact) mass is 228 g/mol. The normalized spacial score (nSPS) is 13.2. The van der Waals surface area contributed by atoms with Crippen LogP contribution in [0.4, 0.5) is 8.78 Å². The van der Waals surface area contributed by atoms with E-state index in [1.165, 1.54) is 6.07 Å². The van der Waals surface area contributed by atoms with Crippen LogP contribution in [0.25, 0.3) is 0 Å². The fourth-order valence-corrected chi connectivity index (χ4v) is 1.70. The molecule has 0 aromatic heterocycles. The third-order valence-corrected chi connectivity index (χ3v) is 2.56. The fraction of sp³-hybridized carbons (Fsp3) is 0.500. The second-order valence-electron chi connectivity index (χ2n) is 4.47. The second kappa shape index (κ2) is 5.37. The maximum Gasteiger partial charge on any atom is 0.130 e. The Balaban J connectivity index is 3.05. The molecule has 2 nitrogen and oxygen atoms in total. The van der Waals surface area contributed by atoms with E-state index >= 15 is 0 Å². The Labute approximate surface area is 94.8 Å². The van der Waals surface area contributed by atoms with E-state index in [0.29, 0.717) is 23.5 Å². The summed E-state index contributed by atoms with van der Waals surface area (Å²) in [6, 6.07) is 2.15. The van der Waals surface area contributed by atoms with Crippen LogP contribution in [0, 0.1) is 24.5 Å². The van der Waals surface area contributed by atoms with E-state index in [2.05, 4.69) is 5.43 Å². The molecule has 1 aromatic carbocycles. The van der Waals surface area contributed by atoms with Gasteiger partial charge in [0.2, 0.25) is 0 Å². The topological polar surface area (TPSA) is 38.0 Å². The van der Waals surface area contributed by atoms with E-state index in [-0.39, 0.29) is 6.04 Å². The number of hydrogen-bond acceptors (Lipinski definition) is 2. The maximum atomic E-state index is 13.6. The molecule has 0 saturated carbocycles. The molecule has 1 rings (SSSR count). The van der Waals surface area contributed by atoms with Gasteiger partial charge in [-0.3, -0.25) is 11.3 Å². The minimum Gasteiger partial charge on any atom is -0.271 e. The zero-order valence-electron chi connectivity index (χ0n) is 9.85. The zero-order valence-corrected chi connectivity index (χ0v) is 9.85. The minimum atomic E-state index is -0.549. The van der Waals surface area contributed by atoms with Crippen LogP contribution in [0.15, 0.2) is 12.1 Å². The van der Waals surface area contributed by atoms with Gasteiger partial charge in [-0.15, -0.1) is 0 Å². The van der Waals surface area contributed by atoms with Gasteiger partial charge >= 0.3 is 0 Å². The molecule has 0 radical (unpaired) electrons. The Morgan fingerprint density at radius 2 is 1.88 bits per heavy atom. The summed E-state index contributed by atoms with van der Waals surface area (Å²) in [5.74, 6) is 4.70. The average molecular weight is 228 g/mol. The van der Waals surface area contributed by atoms with Crippen molar-refractivity contribution in [1.29, 1.82) is 0 Å². The van der Waals surface area contributed by atoms with Crippen molar-refractivity contribution in [1.82, 2.24) is 5.43 Å². The van der Waals surface area contributed by atoms with E-state index in [0.717, 1.165) is 6.07 Å². The molecule has 0 aliphatic rings. The van der Waals surface area contributed by atoms with Crippen molar-refractivity contribution < 1.29 is 8.78 Å². The van der Waals surface area contributed by atoms with E-state index in [4.69, 9.17) is 5.84 Å². The van der Waals surface area contributed by atoms with Crippen LogP contribution in [0.1, 0.15) is 37.4 Å². The maximum absolute atomic E-state index is 13.6. The van der Waals surface area contributed by atoms with Gasteiger partial charge in [-0.05, 0) is 30.9 Å². The lowest BCUT2D eigenvalue weighted by Crippen LogP contribution is -2.29. The van der Waals surface area contributed by atoms with Crippen LogP contribution in [-0.4, -0.2) is 0 Å². The van der Waals surface area contributed by atoms with Crippen molar-refractivity contribution >= 4 is 0 Å². The summed E-state index contributed by atoms with van der Waals surface area (Å²) in [6.07, 6.45) is 0.707. The number of hydrogen-bond donors (Lipinski definition) is 2. The summed E-state index contributed by atoms with van der Waals surface area (Å²) in [4.78, 5) is 0. The smallest absolute Gasteiger partial charge is 0.130 e. The van der Waals surface area contributed by atoms with Crippen molar-refractivity contribution in [3.8, 4) is 0 Å². The molecule has 1 aromatic rings. The van der Waals surface area contributed by atoms with Crippen LogP contribution >= 0.6 is 0 Å². The van der Waals surface area contributed by atoms with E-state index in [1.807, 2.05) is 13.8 Å². The molecule has 3 N–H and O–H groups in total. The molecule has 0 amide bonds. The lowest BCUT2D eigenvalue weighted by atomic mass is 9.96. The molecule has 0 aliphatic carbocycles. The van der Waals surface area contributed by atoms with Gasteiger partial charge in [0, 0.05) is 17.7 Å². The number of benzene rings is 1. The Hall–Kier alpha value is -1.00. The van der Waals surface area contributed by atoms with Gasteiger partial charge in [0.1, 0.15) is 11.6 Å². The van der Waals surface area contributed by atoms with Crippen LogP contribution < -0.4 is 11.3 Å². The Morgan fingerprint density at radius 3 is 2.38 bits per heavy atom. The molecule has 4 heteroatoms. The highest BCUT2D eigenvalue weighted by atomic mass is 19.1. The summed E-state index contributed by atoms with van der Waals surface area (Å²) < 4.78 is 26.7. The molecule has 0 fully saturated rings. The molecular formula is C12H18F2N2. The molecule has 0 bridgehead atoms. The summed E-state index contributed by atoms with van der Waals surface area (Å²) >= 11 is 0. The Kier molecular flexibility index (Phi) is 4.38. The Morgan fingerprint density at radius 1 is 1.25 bits per heavy atom. The van der Waals surface area contributed by atoms with Gasteiger partial charge in [-0.25, -0.2) is 8.78 Å². The molecule has 0 aliphatic heterocycles. The van der Waals surface area contributed by atoms with Crippen molar-refractivity contribution in [2.24, 2.45) is 11.8 Å². The average Bonchev–Trinajstić information content (AvgIpc) is 2.20. The first-order chi connectivity index (χ1) is 7.45. The number of hydrazine groups is 1. The molecule has 16 heavy (non-hydrogen) atoms. The summed E-state index contributed by atoms with van der Waals surface area (Å²) in [5.41, 5.74) is 3.43. The van der Waals surface area contributed by atoms with Gasteiger partial charge in [0.15, 0.2) is 0 Å². The van der Waals surface area contributed by atoms with E-state index in [9.17, 15) is 8.78 Å². The zero-order chi connectivity index (χ0) is 12.3. The van der Waals surface area contributed by atoms with E-state index < -0.39 is 11.6 Å². The first kappa shape index (κ1) is 13.1.